The number of ether oxygens (including phenoxy) is 1. The van der Waals surface area contributed by atoms with Crippen molar-refractivity contribution < 1.29 is 9.84 Å². The van der Waals surface area contributed by atoms with Gasteiger partial charge in [0.2, 0.25) is 0 Å². The van der Waals surface area contributed by atoms with E-state index in [0.717, 1.165) is 12.8 Å². The molecule has 4 atom stereocenters. The third kappa shape index (κ3) is 1.68. The van der Waals surface area contributed by atoms with Crippen molar-refractivity contribution in [2.75, 3.05) is 7.11 Å². The summed E-state index contributed by atoms with van der Waals surface area (Å²) >= 11 is 0. The molecule has 0 saturated heterocycles. The summed E-state index contributed by atoms with van der Waals surface area (Å²) in [7, 11) is 1.81. The van der Waals surface area contributed by atoms with E-state index in [1.807, 2.05) is 14.0 Å². The van der Waals surface area contributed by atoms with Crippen LogP contribution in [0.4, 0.5) is 0 Å². The van der Waals surface area contributed by atoms with E-state index in [1.54, 1.807) is 0 Å². The molecule has 4 aliphatic rings. The summed E-state index contributed by atoms with van der Waals surface area (Å²) in [5.41, 5.74) is 4.71. The molecule has 130 valence electrons. The van der Waals surface area contributed by atoms with Gasteiger partial charge in [0.15, 0.2) is 0 Å². The summed E-state index contributed by atoms with van der Waals surface area (Å²) in [5, 5.41) is 11.4. The Hall–Kier alpha value is -1.64. The van der Waals surface area contributed by atoms with Crippen LogP contribution in [0.15, 0.2) is 48.5 Å². The lowest BCUT2D eigenvalue weighted by Crippen LogP contribution is -2.61. The number of benzene rings is 2. The highest BCUT2D eigenvalue weighted by atomic mass is 16.5. The minimum absolute atomic E-state index is 0.00752. The summed E-state index contributed by atoms with van der Waals surface area (Å²) in [4.78, 5) is 0. The monoisotopic (exact) mass is 334 g/mol. The summed E-state index contributed by atoms with van der Waals surface area (Å²) in [6.45, 7) is 4.23. The van der Waals surface area contributed by atoms with E-state index < -0.39 is 5.60 Å². The number of hydrogen-bond donors (Lipinski definition) is 1. The summed E-state index contributed by atoms with van der Waals surface area (Å²) < 4.78 is 6.01. The summed E-state index contributed by atoms with van der Waals surface area (Å²) in [6.07, 6.45) is 1.97. The molecule has 2 bridgehead atoms. The molecule has 2 aromatic rings. The lowest BCUT2D eigenvalue weighted by Gasteiger charge is -2.60. The van der Waals surface area contributed by atoms with Crippen molar-refractivity contribution in [3.05, 3.63) is 70.8 Å². The Bertz CT molecular complexity index is 790. The largest absolute Gasteiger partial charge is 0.390 e. The van der Waals surface area contributed by atoms with E-state index >= 15 is 0 Å². The minimum Gasteiger partial charge on any atom is -0.390 e. The molecule has 0 aliphatic heterocycles. The van der Waals surface area contributed by atoms with Crippen molar-refractivity contribution >= 4 is 0 Å². The summed E-state index contributed by atoms with van der Waals surface area (Å²) in [5.74, 6) is 1.08. The van der Waals surface area contributed by atoms with Crippen molar-refractivity contribution in [2.24, 2.45) is 11.8 Å². The fourth-order valence-corrected chi connectivity index (χ4v) is 6.71. The second kappa shape index (κ2) is 4.96. The Morgan fingerprint density at radius 3 is 2.16 bits per heavy atom. The van der Waals surface area contributed by atoms with Crippen LogP contribution < -0.4 is 0 Å². The lowest BCUT2D eigenvalue weighted by molar-refractivity contribution is -0.0758. The molecule has 0 heterocycles. The van der Waals surface area contributed by atoms with Crippen LogP contribution in [-0.2, 0) is 10.2 Å². The van der Waals surface area contributed by atoms with E-state index in [9.17, 15) is 5.11 Å². The quantitative estimate of drug-likeness (QED) is 0.890. The predicted molar refractivity (Wildman–Crippen MR) is 98.8 cm³/mol. The fraction of sp³-hybridized carbons (Fsp3) is 0.478. The average Bonchev–Trinajstić information content (AvgIpc) is 2.97. The topological polar surface area (TPSA) is 29.5 Å². The number of hydrogen-bond acceptors (Lipinski definition) is 2. The van der Waals surface area contributed by atoms with Crippen LogP contribution >= 0.6 is 0 Å². The molecule has 0 aromatic heterocycles. The Balaban J connectivity index is 1.93. The third-order valence-corrected chi connectivity index (χ3v) is 7.48. The van der Waals surface area contributed by atoms with Gasteiger partial charge in [0.1, 0.15) is 0 Å². The molecule has 6 rings (SSSR count). The Morgan fingerprint density at radius 2 is 1.60 bits per heavy atom. The highest BCUT2D eigenvalue weighted by Gasteiger charge is 2.67. The van der Waals surface area contributed by atoms with Crippen molar-refractivity contribution in [2.45, 2.75) is 49.7 Å². The molecule has 1 saturated carbocycles. The van der Waals surface area contributed by atoms with Crippen molar-refractivity contribution in [3.63, 3.8) is 0 Å². The second-order valence-electron chi connectivity index (χ2n) is 8.44. The van der Waals surface area contributed by atoms with Crippen molar-refractivity contribution in [3.8, 4) is 0 Å². The van der Waals surface area contributed by atoms with Crippen LogP contribution in [0, 0.1) is 11.8 Å². The summed E-state index contributed by atoms with van der Waals surface area (Å²) in [6, 6.07) is 17.8. The maximum absolute atomic E-state index is 11.4. The lowest BCUT2D eigenvalue weighted by atomic mass is 9.44. The second-order valence-corrected chi connectivity index (χ2v) is 8.44. The molecule has 25 heavy (non-hydrogen) atoms. The maximum atomic E-state index is 11.4. The van der Waals surface area contributed by atoms with Gasteiger partial charge >= 0.3 is 0 Å². The molecular formula is C23H26O2. The van der Waals surface area contributed by atoms with Gasteiger partial charge in [-0.05, 0) is 54.9 Å². The molecular weight excluding hydrogens is 308 g/mol. The first kappa shape index (κ1) is 15.6. The normalized spacial score (nSPS) is 38.8. The maximum Gasteiger partial charge on any atom is 0.0684 e. The highest BCUT2D eigenvalue weighted by molar-refractivity contribution is 5.62. The molecule has 0 spiro atoms. The molecule has 2 heteroatoms. The number of methoxy groups -OCH3 is 1. The van der Waals surface area contributed by atoms with Gasteiger partial charge in [-0.15, -0.1) is 0 Å². The SMILES string of the molecule is CO[C@@H](C)C12c3ccccc3C(c3ccccc31)[C@@H]1CC[C@](C)(O)[C@@H]12. The van der Waals surface area contributed by atoms with Gasteiger partial charge in [0, 0.05) is 18.9 Å². The zero-order valence-corrected chi connectivity index (χ0v) is 15.2. The van der Waals surface area contributed by atoms with Gasteiger partial charge in [-0.25, -0.2) is 0 Å². The molecule has 1 N–H and O–H groups in total. The van der Waals surface area contributed by atoms with E-state index in [2.05, 4.69) is 55.5 Å². The smallest absolute Gasteiger partial charge is 0.0684 e. The van der Waals surface area contributed by atoms with Crippen LogP contribution in [0.25, 0.3) is 0 Å². The van der Waals surface area contributed by atoms with E-state index in [1.165, 1.54) is 22.3 Å². The van der Waals surface area contributed by atoms with Gasteiger partial charge in [0.25, 0.3) is 0 Å². The fourth-order valence-electron chi connectivity index (χ4n) is 6.71. The van der Waals surface area contributed by atoms with Gasteiger partial charge in [0.05, 0.1) is 17.1 Å². The van der Waals surface area contributed by atoms with Gasteiger partial charge in [-0.2, -0.15) is 0 Å². The Morgan fingerprint density at radius 1 is 1.04 bits per heavy atom. The Labute approximate surface area is 149 Å². The van der Waals surface area contributed by atoms with Crippen LogP contribution in [0.1, 0.15) is 54.9 Å². The van der Waals surface area contributed by atoms with Crippen molar-refractivity contribution in [1.29, 1.82) is 0 Å². The standard InChI is InChI=1S/C23H26O2/c1-14(25-3)23-18-10-6-4-8-15(18)20(16-9-5-7-11-19(16)23)17-12-13-22(2,24)21(17)23/h4-11,14,17,20-21,24H,12-13H2,1-3H3/t14-,17-,20?,21+,22-,23?/m0/s1. The van der Waals surface area contributed by atoms with Gasteiger partial charge in [-0.3, -0.25) is 0 Å². The molecule has 1 fully saturated rings. The molecule has 2 nitrogen and oxygen atoms in total. The third-order valence-electron chi connectivity index (χ3n) is 7.48. The van der Waals surface area contributed by atoms with Gasteiger partial charge < -0.3 is 9.84 Å². The van der Waals surface area contributed by atoms with Crippen LogP contribution in [0.2, 0.25) is 0 Å². The number of rotatable bonds is 2. The zero-order valence-electron chi connectivity index (χ0n) is 15.2. The molecule has 4 aliphatic carbocycles. The average molecular weight is 334 g/mol. The molecule has 0 amide bonds. The zero-order chi connectivity index (χ0) is 17.4. The molecule has 2 aromatic carbocycles. The van der Waals surface area contributed by atoms with Crippen LogP contribution in [0.3, 0.4) is 0 Å². The predicted octanol–water partition coefficient (Wildman–Crippen LogP) is 4.24. The molecule has 0 radical (unpaired) electrons. The Kier molecular flexibility index (Phi) is 3.09. The molecule has 0 unspecified atom stereocenters. The van der Waals surface area contributed by atoms with E-state index in [0.29, 0.717) is 11.8 Å². The highest BCUT2D eigenvalue weighted by Crippen LogP contribution is 2.69. The van der Waals surface area contributed by atoms with E-state index in [-0.39, 0.29) is 17.4 Å². The van der Waals surface area contributed by atoms with Crippen LogP contribution in [-0.4, -0.2) is 23.9 Å². The van der Waals surface area contributed by atoms with Gasteiger partial charge in [-0.1, -0.05) is 48.5 Å². The first-order chi connectivity index (χ1) is 12.0. The van der Waals surface area contributed by atoms with Crippen LogP contribution in [0.5, 0.6) is 0 Å². The first-order valence-electron chi connectivity index (χ1n) is 9.47. The first-order valence-corrected chi connectivity index (χ1v) is 9.47. The minimum atomic E-state index is -0.656. The number of aliphatic hydroxyl groups is 1. The van der Waals surface area contributed by atoms with E-state index in [4.69, 9.17) is 4.74 Å². The van der Waals surface area contributed by atoms with Crippen molar-refractivity contribution in [1.82, 2.24) is 0 Å².